The smallest absolute Gasteiger partial charge is 0.263 e. The monoisotopic (exact) mass is 325 g/mol. The quantitative estimate of drug-likeness (QED) is 0.775. The fourth-order valence-electron chi connectivity index (χ4n) is 3.15. The molecule has 1 fully saturated rings. The van der Waals surface area contributed by atoms with Gasteiger partial charge in [-0.1, -0.05) is 30.3 Å². The molecule has 7 nitrogen and oxygen atoms in total. The van der Waals surface area contributed by atoms with Gasteiger partial charge < -0.3 is 9.64 Å². The van der Waals surface area contributed by atoms with Crippen molar-refractivity contribution in [3.63, 3.8) is 0 Å². The predicted molar refractivity (Wildman–Crippen MR) is 91.1 cm³/mol. The molecule has 3 aromatic rings. The van der Waals surface area contributed by atoms with Crippen molar-refractivity contribution in [3.05, 3.63) is 52.4 Å². The zero-order chi connectivity index (χ0) is 16.7. The molecule has 2 aromatic heterocycles. The highest BCUT2D eigenvalue weighted by Gasteiger charge is 2.28. The summed E-state index contributed by atoms with van der Waals surface area (Å²) in [4.78, 5) is 21.8. The lowest BCUT2D eigenvalue weighted by atomic mass is 10.1. The topological polar surface area (TPSA) is 76.0 Å². The van der Waals surface area contributed by atoms with Crippen molar-refractivity contribution in [2.75, 3.05) is 18.0 Å². The second kappa shape index (κ2) is 5.76. The lowest BCUT2D eigenvalue weighted by Crippen LogP contribution is -2.44. The van der Waals surface area contributed by atoms with Crippen LogP contribution in [0.1, 0.15) is 18.6 Å². The third-order valence-electron chi connectivity index (χ3n) is 4.32. The number of aromatic nitrogens is 4. The van der Waals surface area contributed by atoms with Crippen LogP contribution in [0, 0.1) is 0 Å². The number of nitrogens with one attached hydrogen (secondary N) is 1. The summed E-state index contributed by atoms with van der Waals surface area (Å²) in [5.41, 5.74) is 1.54. The van der Waals surface area contributed by atoms with E-state index in [1.165, 1.54) is 0 Å². The van der Waals surface area contributed by atoms with Crippen molar-refractivity contribution in [2.24, 2.45) is 7.05 Å². The number of ether oxygens (including phenoxy) is 1. The maximum Gasteiger partial charge on any atom is 0.263 e. The molecule has 1 saturated heterocycles. The summed E-state index contributed by atoms with van der Waals surface area (Å²) in [5, 5.41) is 4.61. The summed E-state index contributed by atoms with van der Waals surface area (Å²) in [6.07, 6.45) is 1.53. The number of aromatic amines is 1. The number of hydrogen-bond acceptors (Lipinski definition) is 5. The van der Waals surface area contributed by atoms with Gasteiger partial charge in [-0.05, 0) is 12.5 Å². The second-order valence-corrected chi connectivity index (χ2v) is 6.15. The van der Waals surface area contributed by atoms with Gasteiger partial charge in [0.15, 0.2) is 5.65 Å². The van der Waals surface area contributed by atoms with Gasteiger partial charge in [0.2, 0.25) is 5.95 Å². The summed E-state index contributed by atoms with van der Waals surface area (Å²) in [6.45, 7) is 3.35. The minimum atomic E-state index is -0.168. The van der Waals surface area contributed by atoms with Crippen molar-refractivity contribution < 1.29 is 4.74 Å². The van der Waals surface area contributed by atoms with E-state index in [1.54, 1.807) is 17.9 Å². The number of rotatable bonds is 2. The van der Waals surface area contributed by atoms with E-state index < -0.39 is 0 Å². The fourth-order valence-corrected chi connectivity index (χ4v) is 3.15. The van der Waals surface area contributed by atoms with E-state index in [-0.39, 0.29) is 17.8 Å². The number of benzene rings is 1. The van der Waals surface area contributed by atoms with Crippen LogP contribution < -0.4 is 10.5 Å². The number of nitrogens with zero attached hydrogens (tertiary/aromatic N) is 4. The van der Waals surface area contributed by atoms with Crippen LogP contribution in [0.2, 0.25) is 0 Å². The van der Waals surface area contributed by atoms with Crippen molar-refractivity contribution in [1.82, 2.24) is 19.7 Å². The number of H-pyrrole nitrogens is 1. The Hall–Kier alpha value is -2.67. The van der Waals surface area contributed by atoms with Gasteiger partial charge in [0.05, 0.1) is 18.8 Å². The molecule has 24 heavy (non-hydrogen) atoms. The average Bonchev–Trinajstić information content (AvgIpc) is 2.97. The van der Waals surface area contributed by atoms with Gasteiger partial charge in [0.1, 0.15) is 11.5 Å². The second-order valence-electron chi connectivity index (χ2n) is 6.15. The molecule has 0 radical (unpaired) electrons. The van der Waals surface area contributed by atoms with Crippen molar-refractivity contribution >= 4 is 17.0 Å². The average molecular weight is 325 g/mol. The first-order chi connectivity index (χ1) is 11.6. The van der Waals surface area contributed by atoms with Crippen LogP contribution in [0.5, 0.6) is 0 Å². The van der Waals surface area contributed by atoms with Gasteiger partial charge in [-0.15, -0.1) is 0 Å². The predicted octanol–water partition coefficient (Wildman–Crippen LogP) is 1.62. The van der Waals surface area contributed by atoms with Crippen LogP contribution in [-0.4, -0.2) is 38.9 Å². The molecule has 0 saturated carbocycles. The van der Waals surface area contributed by atoms with Gasteiger partial charge in [-0.3, -0.25) is 14.5 Å². The van der Waals surface area contributed by atoms with E-state index in [1.807, 2.05) is 25.1 Å². The van der Waals surface area contributed by atoms with Gasteiger partial charge in [-0.25, -0.2) is 0 Å². The Bertz CT molecular complexity index is 918. The molecule has 0 aliphatic carbocycles. The van der Waals surface area contributed by atoms with Gasteiger partial charge in [0.25, 0.3) is 5.56 Å². The highest BCUT2D eigenvalue weighted by Crippen LogP contribution is 2.27. The molecule has 1 aliphatic heterocycles. The lowest BCUT2D eigenvalue weighted by molar-refractivity contribution is -0.0178. The van der Waals surface area contributed by atoms with E-state index in [4.69, 9.17) is 4.74 Å². The summed E-state index contributed by atoms with van der Waals surface area (Å²) in [6, 6.07) is 10.1. The van der Waals surface area contributed by atoms with E-state index in [0.717, 1.165) is 5.56 Å². The lowest BCUT2D eigenvalue weighted by Gasteiger charge is -2.37. The fraction of sp³-hybridized carbons (Fsp3) is 0.353. The Balaban J connectivity index is 1.70. The molecule has 1 N–H and O–H groups in total. The van der Waals surface area contributed by atoms with Crippen LogP contribution in [-0.2, 0) is 11.8 Å². The molecule has 7 heteroatoms. The van der Waals surface area contributed by atoms with Crippen molar-refractivity contribution in [3.8, 4) is 0 Å². The largest absolute Gasteiger partial charge is 0.367 e. The van der Waals surface area contributed by atoms with Crippen LogP contribution in [0.3, 0.4) is 0 Å². The molecule has 1 aliphatic rings. The van der Waals surface area contributed by atoms with Crippen LogP contribution in [0.25, 0.3) is 11.0 Å². The summed E-state index contributed by atoms with van der Waals surface area (Å²) in [7, 11) is 1.78. The maximum absolute atomic E-state index is 12.3. The Morgan fingerprint density at radius 1 is 1.25 bits per heavy atom. The normalized spacial score (nSPS) is 21.3. The maximum atomic E-state index is 12.3. The molecule has 124 valence electrons. The highest BCUT2D eigenvalue weighted by atomic mass is 16.5. The number of morpholine rings is 1. The molecule has 3 heterocycles. The first-order valence-electron chi connectivity index (χ1n) is 7.99. The number of fused-ring (bicyclic) bond motifs is 1. The number of aryl methyl sites for hydroxylation is 1. The van der Waals surface area contributed by atoms with E-state index in [2.05, 4.69) is 32.1 Å². The van der Waals surface area contributed by atoms with Crippen LogP contribution in [0.15, 0.2) is 41.3 Å². The SMILES string of the molecule is CC1CN(c2nc3c(cnn3C)c(=O)[nH]2)CC(c2ccccc2)O1. The first kappa shape index (κ1) is 14.9. The Morgan fingerprint density at radius 3 is 2.83 bits per heavy atom. The summed E-state index contributed by atoms with van der Waals surface area (Å²) in [5.74, 6) is 0.562. The van der Waals surface area contributed by atoms with Crippen LogP contribution >= 0.6 is 0 Å². The molecule has 0 spiro atoms. The third kappa shape index (κ3) is 2.56. The zero-order valence-corrected chi connectivity index (χ0v) is 13.6. The number of anilines is 1. The van der Waals surface area contributed by atoms with Crippen molar-refractivity contribution in [2.45, 2.75) is 19.1 Å². The third-order valence-corrected chi connectivity index (χ3v) is 4.32. The molecule has 4 rings (SSSR count). The summed E-state index contributed by atoms with van der Waals surface area (Å²) >= 11 is 0. The van der Waals surface area contributed by atoms with Gasteiger partial charge in [-0.2, -0.15) is 10.1 Å². The van der Waals surface area contributed by atoms with E-state index in [0.29, 0.717) is 30.1 Å². The molecule has 0 bridgehead atoms. The summed E-state index contributed by atoms with van der Waals surface area (Å²) < 4.78 is 7.69. The first-order valence-corrected chi connectivity index (χ1v) is 7.99. The zero-order valence-electron chi connectivity index (χ0n) is 13.6. The Kier molecular flexibility index (Phi) is 3.57. The molecule has 2 atom stereocenters. The standard InChI is InChI=1S/C17H19N5O2/c1-11-9-22(10-14(24-11)12-6-4-3-5-7-12)17-19-15-13(16(23)20-17)8-18-21(15)2/h3-8,11,14H,9-10H2,1-2H3,(H,19,20,23). The highest BCUT2D eigenvalue weighted by molar-refractivity contribution is 5.74. The molecule has 0 amide bonds. The van der Waals surface area contributed by atoms with Crippen molar-refractivity contribution in [1.29, 1.82) is 0 Å². The molecular formula is C17H19N5O2. The number of hydrogen-bond donors (Lipinski definition) is 1. The Labute approximate surface area is 138 Å². The van der Waals surface area contributed by atoms with Crippen LogP contribution in [0.4, 0.5) is 5.95 Å². The molecular weight excluding hydrogens is 306 g/mol. The van der Waals surface area contributed by atoms with Gasteiger partial charge in [0, 0.05) is 13.6 Å². The Morgan fingerprint density at radius 2 is 2.04 bits per heavy atom. The van der Waals surface area contributed by atoms with E-state index in [9.17, 15) is 4.79 Å². The minimum absolute atomic E-state index is 0.0384. The van der Waals surface area contributed by atoms with E-state index >= 15 is 0 Å². The molecule has 2 unspecified atom stereocenters. The minimum Gasteiger partial charge on any atom is -0.367 e. The molecule has 1 aromatic carbocycles. The van der Waals surface area contributed by atoms with Gasteiger partial charge >= 0.3 is 0 Å².